The number of hydrogen-bond donors (Lipinski definition) is 3. The molecule has 106 valence electrons. The fraction of sp³-hybridized carbons (Fsp3) is 0.500. The maximum Gasteiger partial charge on any atom is 0.261 e. The number of hydrogen-bond acceptors (Lipinski definition) is 5. The summed E-state index contributed by atoms with van der Waals surface area (Å²) in [6.45, 7) is 7.94. The second kappa shape index (κ2) is 7.31. The SMILES string of the molecule is C=C(CCC(=O)Nc1nnc(NS(=O)O)s1)C(C)C. The molecule has 0 aromatic carbocycles. The van der Waals surface area contributed by atoms with Crippen LogP contribution < -0.4 is 10.0 Å². The highest BCUT2D eigenvalue weighted by atomic mass is 32.2. The molecule has 1 rings (SSSR count). The standard InChI is InChI=1S/C10H16N4O3S2/c1-6(2)7(3)4-5-8(15)11-9-12-13-10(18-9)14-19(16)17/h6H,3-5H2,1-2H3,(H,13,14)(H,16,17)(H,11,12,15). The lowest BCUT2D eigenvalue weighted by Crippen LogP contribution is -2.11. The van der Waals surface area contributed by atoms with Gasteiger partial charge in [0.15, 0.2) is 0 Å². The lowest BCUT2D eigenvalue weighted by atomic mass is 10.0. The zero-order chi connectivity index (χ0) is 14.4. The average Bonchev–Trinajstić information content (AvgIpc) is 2.72. The van der Waals surface area contributed by atoms with Crippen LogP contribution in [0.15, 0.2) is 12.2 Å². The molecular weight excluding hydrogens is 288 g/mol. The lowest BCUT2D eigenvalue weighted by molar-refractivity contribution is -0.116. The highest BCUT2D eigenvalue weighted by molar-refractivity contribution is 7.80. The van der Waals surface area contributed by atoms with Gasteiger partial charge in [-0.2, -0.15) is 0 Å². The smallest absolute Gasteiger partial charge is 0.261 e. The van der Waals surface area contributed by atoms with E-state index in [0.29, 0.717) is 18.8 Å². The normalized spacial score (nSPS) is 12.2. The van der Waals surface area contributed by atoms with E-state index in [1.807, 2.05) is 13.8 Å². The Labute approximate surface area is 117 Å². The van der Waals surface area contributed by atoms with Crippen molar-refractivity contribution in [3.05, 3.63) is 12.2 Å². The summed E-state index contributed by atoms with van der Waals surface area (Å²) >= 11 is -1.21. The van der Waals surface area contributed by atoms with Gasteiger partial charge in [-0.15, -0.1) is 10.2 Å². The number of aromatic nitrogens is 2. The molecule has 1 aromatic heterocycles. The van der Waals surface area contributed by atoms with Gasteiger partial charge in [0.2, 0.25) is 16.2 Å². The minimum Gasteiger partial charge on any atom is -0.300 e. The molecule has 0 radical (unpaired) electrons. The van der Waals surface area contributed by atoms with E-state index in [-0.39, 0.29) is 16.2 Å². The number of allylic oxidation sites excluding steroid dienone is 1. The first-order valence-electron chi connectivity index (χ1n) is 5.57. The second-order valence-corrected chi connectivity index (χ2v) is 5.80. The van der Waals surface area contributed by atoms with Crippen molar-refractivity contribution >= 4 is 38.8 Å². The van der Waals surface area contributed by atoms with E-state index in [1.165, 1.54) is 0 Å². The number of rotatable bonds is 7. The van der Waals surface area contributed by atoms with E-state index < -0.39 is 11.3 Å². The van der Waals surface area contributed by atoms with Crippen LogP contribution in [0.5, 0.6) is 0 Å². The molecule has 0 aliphatic carbocycles. The molecule has 3 N–H and O–H groups in total. The Kier molecular flexibility index (Phi) is 6.06. The van der Waals surface area contributed by atoms with Crippen LogP contribution in [0.3, 0.4) is 0 Å². The van der Waals surface area contributed by atoms with Crippen molar-refractivity contribution < 1.29 is 13.6 Å². The Balaban J connectivity index is 2.42. The van der Waals surface area contributed by atoms with Gasteiger partial charge in [0.1, 0.15) is 0 Å². The van der Waals surface area contributed by atoms with Crippen LogP contribution in [0.1, 0.15) is 26.7 Å². The van der Waals surface area contributed by atoms with Crippen LogP contribution in [0.25, 0.3) is 0 Å². The maximum absolute atomic E-state index is 11.6. The molecule has 9 heteroatoms. The van der Waals surface area contributed by atoms with Crippen molar-refractivity contribution in [1.82, 2.24) is 10.2 Å². The number of nitrogens with zero attached hydrogens (tertiary/aromatic N) is 2. The van der Waals surface area contributed by atoms with Gasteiger partial charge in [0.25, 0.3) is 11.3 Å². The van der Waals surface area contributed by atoms with Gasteiger partial charge in [0, 0.05) is 6.42 Å². The Bertz CT molecular complexity index is 487. The average molecular weight is 304 g/mol. The van der Waals surface area contributed by atoms with Crippen molar-refractivity contribution in [3.8, 4) is 0 Å². The first-order valence-corrected chi connectivity index (χ1v) is 7.49. The summed E-state index contributed by atoms with van der Waals surface area (Å²) in [5, 5.41) is 10.3. The first-order chi connectivity index (χ1) is 8.88. The Morgan fingerprint density at radius 1 is 1.42 bits per heavy atom. The summed E-state index contributed by atoms with van der Waals surface area (Å²) in [6, 6.07) is 0. The predicted molar refractivity (Wildman–Crippen MR) is 76.1 cm³/mol. The largest absolute Gasteiger partial charge is 0.300 e. The number of nitrogens with one attached hydrogen (secondary N) is 2. The molecule has 0 aliphatic rings. The first kappa shape index (κ1) is 15.7. The van der Waals surface area contributed by atoms with E-state index in [1.54, 1.807) is 0 Å². The Morgan fingerprint density at radius 3 is 2.63 bits per heavy atom. The molecule has 0 bridgehead atoms. The molecular formula is C10H16N4O3S2. The molecule has 0 spiro atoms. The number of anilines is 2. The fourth-order valence-corrected chi connectivity index (χ4v) is 2.22. The molecule has 1 heterocycles. The van der Waals surface area contributed by atoms with E-state index in [2.05, 4.69) is 26.8 Å². The van der Waals surface area contributed by atoms with Crippen molar-refractivity contribution in [2.45, 2.75) is 26.7 Å². The highest BCUT2D eigenvalue weighted by Gasteiger charge is 2.10. The maximum atomic E-state index is 11.6. The highest BCUT2D eigenvalue weighted by Crippen LogP contribution is 2.21. The summed E-state index contributed by atoms with van der Waals surface area (Å²) in [5.41, 5.74) is 1.02. The molecule has 1 aromatic rings. The molecule has 1 unspecified atom stereocenters. The Hall–Kier alpha value is -1.32. The quantitative estimate of drug-likeness (QED) is 0.528. The summed E-state index contributed by atoms with van der Waals surface area (Å²) in [5.74, 6) is 0.166. The molecule has 0 saturated heterocycles. The van der Waals surface area contributed by atoms with E-state index in [9.17, 15) is 9.00 Å². The zero-order valence-corrected chi connectivity index (χ0v) is 12.3. The number of amides is 1. The second-order valence-electron chi connectivity index (χ2n) is 4.12. The van der Waals surface area contributed by atoms with Crippen molar-refractivity contribution in [2.24, 2.45) is 5.92 Å². The molecule has 19 heavy (non-hydrogen) atoms. The van der Waals surface area contributed by atoms with Crippen LogP contribution in [-0.2, 0) is 16.1 Å². The third-order valence-corrected chi connectivity index (χ3v) is 3.59. The fourth-order valence-electron chi connectivity index (χ4n) is 1.13. The van der Waals surface area contributed by atoms with Crippen LogP contribution in [0, 0.1) is 5.92 Å². The molecule has 0 saturated carbocycles. The zero-order valence-electron chi connectivity index (χ0n) is 10.7. The third-order valence-electron chi connectivity index (χ3n) is 2.34. The summed E-state index contributed by atoms with van der Waals surface area (Å²) in [4.78, 5) is 11.6. The van der Waals surface area contributed by atoms with Gasteiger partial charge in [-0.05, 0) is 12.3 Å². The van der Waals surface area contributed by atoms with Gasteiger partial charge in [-0.25, -0.2) is 4.21 Å². The monoisotopic (exact) mass is 304 g/mol. The van der Waals surface area contributed by atoms with Crippen molar-refractivity contribution in [3.63, 3.8) is 0 Å². The van der Waals surface area contributed by atoms with Crippen molar-refractivity contribution in [2.75, 3.05) is 10.0 Å². The predicted octanol–water partition coefficient (Wildman–Crippen LogP) is 2.02. The third kappa shape index (κ3) is 5.90. The lowest BCUT2D eigenvalue weighted by Gasteiger charge is -2.08. The molecule has 7 nitrogen and oxygen atoms in total. The van der Waals surface area contributed by atoms with Crippen LogP contribution in [-0.4, -0.2) is 24.9 Å². The Morgan fingerprint density at radius 2 is 2.05 bits per heavy atom. The van der Waals surface area contributed by atoms with E-state index in [4.69, 9.17) is 4.55 Å². The van der Waals surface area contributed by atoms with Gasteiger partial charge in [0.05, 0.1) is 0 Å². The van der Waals surface area contributed by atoms with E-state index >= 15 is 0 Å². The van der Waals surface area contributed by atoms with Crippen molar-refractivity contribution in [1.29, 1.82) is 0 Å². The van der Waals surface area contributed by atoms with Crippen LogP contribution >= 0.6 is 11.3 Å². The van der Waals surface area contributed by atoms with Gasteiger partial charge in [-0.1, -0.05) is 37.3 Å². The van der Waals surface area contributed by atoms with E-state index in [0.717, 1.165) is 16.9 Å². The molecule has 0 fully saturated rings. The molecule has 0 aliphatic heterocycles. The molecule has 1 amide bonds. The molecule has 1 atom stereocenters. The van der Waals surface area contributed by atoms with Crippen LogP contribution in [0.2, 0.25) is 0 Å². The topological polar surface area (TPSA) is 104 Å². The van der Waals surface area contributed by atoms with Crippen LogP contribution in [0.4, 0.5) is 10.3 Å². The summed E-state index contributed by atoms with van der Waals surface area (Å²) in [7, 11) is 0. The van der Waals surface area contributed by atoms with Gasteiger partial charge in [-0.3, -0.25) is 14.1 Å². The van der Waals surface area contributed by atoms with Gasteiger partial charge < -0.3 is 5.32 Å². The van der Waals surface area contributed by atoms with Gasteiger partial charge >= 0.3 is 0 Å². The summed E-state index contributed by atoms with van der Waals surface area (Å²) in [6.07, 6.45) is 0.944. The minimum absolute atomic E-state index is 0.169. The summed E-state index contributed by atoms with van der Waals surface area (Å²) < 4.78 is 21.3. The minimum atomic E-state index is -2.20. The number of carbonyl (C=O) groups is 1. The number of carbonyl (C=O) groups excluding carboxylic acids is 1.